The average molecular weight is 338 g/mol. The Bertz CT molecular complexity index is 832. The molecule has 118 valence electrons. The van der Waals surface area contributed by atoms with Gasteiger partial charge in [-0.1, -0.05) is 0 Å². The first-order chi connectivity index (χ1) is 10.7. The summed E-state index contributed by atoms with van der Waals surface area (Å²) in [5, 5.41) is 19.1. The molecule has 0 aliphatic carbocycles. The smallest absolute Gasteiger partial charge is 0.419 e. The van der Waals surface area contributed by atoms with Crippen LogP contribution in [0.15, 0.2) is 29.3 Å². The minimum atomic E-state index is -4.67. The molecule has 2 heterocycles. The number of aliphatic carboxylic acids is 1. The van der Waals surface area contributed by atoms with Crippen molar-refractivity contribution in [1.82, 2.24) is 4.98 Å². The van der Waals surface area contributed by atoms with Gasteiger partial charge in [-0.25, -0.2) is 9.78 Å². The summed E-state index contributed by atoms with van der Waals surface area (Å²) in [4.78, 5) is 14.9. The van der Waals surface area contributed by atoms with Crippen molar-refractivity contribution in [3.05, 3.63) is 45.4 Å². The fourth-order valence-electron chi connectivity index (χ4n) is 1.78. The molecule has 0 amide bonds. The summed E-state index contributed by atoms with van der Waals surface area (Å²) in [6.07, 6.45) is -2.06. The Labute approximate surface area is 133 Å². The number of carbonyl (C=O) groups is 1. The van der Waals surface area contributed by atoms with E-state index < -0.39 is 23.4 Å². The largest absolute Gasteiger partial charge is 0.478 e. The fourth-order valence-corrected chi connectivity index (χ4v) is 2.69. The molecule has 2 aromatic rings. The highest BCUT2D eigenvalue weighted by atomic mass is 32.1. The molecule has 0 aliphatic rings. The fraction of sp³-hybridized carbons (Fsp3) is 0.133. The second-order valence-corrected chi connectivity index (χ2v) is 5.54. The molecule has 0 aliphatic heterocycles. The molecule has 0 spiro atoms. The van der Waals surface area contributed by atoms with E-state index in [0.717, 1.165) is 6.07 Å². The number of hydrogen-bond donors (Lipinski definition) is 1. The van der Waals surface area contributed by atoms with Gasteiger partial charge in [0.25, 0.3) is 0 Å². The molecule has 8 heteroatoms. The summed E-state index contributed by atoms with van der Waals surface area (Å²) in [5.41, 5.74) is -0.977. The second kappa shape index (κ2) is 6.22. The van der Waals surface area contributed by atoms with E-state index in [4.69, 9.17) is 10.4 Å². The molecule has 0 unspecified atom stereocenters. The number of carboxylic acids is 1. The molecular formula is C15H9F3N2O2S. The number of aromatic nitrogens is 1. The first-order valence-electron chi connectivity index (χ1n) is 6.20. The van der Waals surface area contributed by atoms with Crippen LogP contribution in [0.25, 0.3) is 17.2 Å². The number of alkyl halides is 3. The number of pyridine rings is 1. The van der Waals surface area contributed by atoms with E-state index >= 15 is 0 Å². The zero-order valence-corrected chi connectivity index (χ0v) is 12.5. The van der Waals surface area contributed by atoms with E-state index in [0.29, 0.717) is 10.4 Å². The van der Waals surface area contributed by atoms with Crippen LogP contribution < -0.4 is 0 Å². The van der Waals surface area contributed by atoms with Crippen molar-refractivity contribution in [2.24, 2.45) is 0 Å². The molecule has 0 saturated heterocycles. The van der Waals surface area contributed by atoms with Crippen molar-refractivity contribution < 1.29 is 23.1 Å². The van der Waals surface area contributed by atoms with Crippen molar-refractivity contribution in [2.45, 2.75) is 13.1 Å². The summed E-state index contributed by atoms with van der Waals surface area (Å²) in [6.45, 7) is 1.42. The highest BCUT2D eigenvalue weighted by molar-refractivity contribution is 7.11. The first-order valence-corrected chi connectivity index (χ1v) is 7.08. The van der Waals surface area contributed by atoms with Crippen molar-refractivity contribution >= 4 is 23.4 Å². The molecule has 0 radical (unpaired) electrons. The summed E-state index contributed by atoms with van der Waals surface area (Å²) in [5.74, 6) is -1.07. The molecule has 1 N–H and O–H groups in total. The van der Waals surface area contributed by atoms with Crippen LogP contribution >= 0.6 is 11.3 Å². The lowest BCUT2D eigenvalue weighted by Crippen LogP contribution is -2.09. The zero-order chi connectivity index (χ0) is 17.2. The molecule has 23 heavy (non-hydrogen) atoms. The van der Waals surface area contributed by atoms with Gasteiger partial charge >= 0.3 is 12.1 Å². The van der Waals surface area contributed by atoms with Crippen LogP contribution in [0.5, 0.6) is 0 Å². The van der Waals surface area contributed by atoms with Crippen LogP contribution in [0, 0.1) is 11.3 Å². The van der Waals surface area contributed by atoms with Gasteiger partial charge in [-0.3, -0.25) is 0 Å². The number of thiophene rings is 1. The number of nitrogens with zero attached hydrogens (tertiary/aromatic N) is 2. The third-order valence-electron chi connectivity index (χ3n) is 2.95. The Morgan fingerprint density at radius 3 is 2.65 bits per heavy atom. The van der Waals surface area contributed by atoms with E-state index in [-0.39, 0.29) is 11.1 Å². The maximum Gasteiger partial charge on any atom is 0.419 e. The molecule has 0 bridgehead atoms. The van der Waals surface area contributed by atoms with Crippen molar-refractivity contribution in [2.75, 3.05) is 0 Å². The second-order valence-electron chi connectivity index (χ2n) is 4.60. The first kappa shape index (κ1) is 16.7. The Balaban J connectivity index is 2.45. The predicted octanol–water partition coefficient (Wildman–Crippen LogP) is 4.19. The predicted molar refractivity (Wildman–Crippen MR) is 78.6 cm³/mol. The number of carboxylic acid groups (broad SMARTS) is 1. The standard InChI is InChI=1S/C15H9F3N2O2S/c1-8(14(21)22)2-11-3-10(7-23-11)9-4-12(15(16,17)18)13(5-19)20-6-9/h2-4,6-7H,1H3,(H,21,22)/b8-2+. The quantitative estimate of drug-likeness (QED) is 0.852. The van der Waals surface area contributed by atoms with Gasteiger partial charge < -0.3 is 5.11 Å². The lowest BCUT2D eigenvalue weighted by atomic mass is 10.1. The van der Waals surface area contributed by atoms with Gasteiger partial charge in [0.1, 0.15) is 6.07 Å². The Hall–Kier alpha value is -2.66. The van der Waals surface area contributed by atoms with E-state index in [9.17, 15) is 18.0 Å². The summed E-state index contributed by atoms with van der Waals surface area (Å²) >= 11 is 1.20. The normalized spacial score (nSPS) is 12.0. The third-order valence-corrected chi connectivity index (χ3v) is 3.83. The topological polar surface area (TPSA) is 74.0 Å². The SMILES string of the molecule is C/C(=C\c1cc(-c2cnc(C#N)c(C(F)(F)F)c2)cs1)C(=O)O. The van der Waals surface area contributed by atoms with Gasteiger partial charge in [-0.15, -0.1) is 11.3 Å². The maximum absolute atomic E-state index is 12.9. The van der Waals surface area contributed by atoms with Gasteiger partial charge in [0.2, 0.25) is 0 Å². The van der Waals surface area contributed by atoms with Crippen molar-refractivity contribution in [3.63, 3.8) is 0 Å². The van der Waals surface area contributed by atoms with Crippen LogP contribution in [0.4, 0.5) is 13.2 Å². The van der Waals surface area contributed by atoms with Crippen LogP contribution in [-0.4, -0.2) is 16.1 Å². The molecule has 0 atom stereocenters. The van der Waals surface area contributed by atoms with Gasteiger partial charge in [0, 0.05) is 22.2 Å². The maximum atomic E-state index is 12.9. The monoisotopic (exact) mass is 338 g/mol. The number of halogens is 3. The lowest BCUT2D eigenvalue weighted by Gasteiger charge is -2.09. The Morgan fingerprint density at radius 1 is 1.39 bits per heavy atom. The number of rotatable bonds is 3. The highest BCUT2D eigenvalue weighted by Crippen LogP contribution is 2.35. The zero-order valence-electron chi connectivity index (χ0n) is 11.7. The summed E-state index contributed by atoms with van der Waals surface area (Å²) in [7, 11) is 0. The number of nitriles is 1. The van der Waals surface area contributed by atoms with Gasteiger partial charge in [0.05, 0.1) is 5.56 Å². The Morgan fingerprint density at radius 2 is 2.09 bits per heavy atom. The molecule has 2 aromatic heterocycles. The van der Waals surface area contributed by atoms with Crippen LogP contribution in [-0.2, 0) is 11.0 Å². The molecule has 0 fully saturated rings. The van der Waals surface area contributed by atoms with Gasteiger partial charge in [-0.05, 0) is 36.1 Å². The summed E-state index contributed by atoms with van der Waals surface area (Å²) < 4.78 is 38.8. The molecule has 2 rings (SSSR count). The third kappa shape index (κ3) is 3.76. The van der Waals surface area contributed by atoms with Crippen molar-refractivity contribution in [3.8, 4) is 17.2 Å². The molecule has 0 aromatic carbocycles. The van der Waals surface area contributed by atoms with Crippen LogP contribution in [0.2, 0.25) is 0 Å². The average Bonchev–Trinajstić information content (AvgIpc) is 2.94. The van der Waals surface area contributed by atoms with Crippen LogP contribution in [0.1, 0.15) is 23.1 Å². The number of hydrogen-bond acceptors (Lipinski definition) is 4. The summed E-state index contributed by atoms with van der Waals surface area (Å²) in [6, 6.07) is 3.86. The van der Waals surface area contributed by atoms with E-state index in [1.165, 1.54) is 36.6 Å². The molecule has 0 saturated carbocycles. The minimum absolute atomic E-state index is 0.118. The lowest BCUT2D eigenvalue weighted by molar-refractivity contribution is -0.138. The van der Waals surface area contributed by atoms with Gasteiger partial charge in [0.15, 0.2) is 5.69 Å². The minimum Gasteiger partial charge on any atom is -0.478 e. The van der Waals surface area contributed by atoms with Crippen molar-refractivity contribution in [1.29, 1.82) is 5.26 Å². The van der Waals surface area contributed by atoms with Crippen LogP contribution in [0.3, 0.4) is 0 Å². The van der Waals surface area contributed by atoms with Gasteiger partial charge in [-0.2, -0.15) is 18.4 Å². The molecule has 4 nitrogen and oxygen atoms in total. The molecular weight excluding hydrogens is 329 g/mol. The highest BCUT2D eigenvalue weighted by Gasteiger charge is 2.34. The van der Waals surface area contributed by atoms with E-state index in [2.05, 4.69) is 4.98 Å². The Kier molecular flexibility index (Phi) is 4.52. The van der Waals surface area contributed by atoms with E-state index in [1.54, 1.807) is 11.4 Å². The van der Waals surface area contributed by atoms with E-state index in [1.807, 2.05) is 0 Å².